The molecular formula is C25H17N3O3S. The molecule has 5 rings (SSSR count). The molecule has 32 heavy (non-hydrogen) atoms. The van der Waals surface area contributed by atoms with Crippen molar-refractivity contribution in [3.05, 3.63) is 105 Å². The molecule has 3 heterocycles. The molecule has 1 aliphatic rings. The van der Waals surface area contributed by atoms with Gasteiger partial charge in [0, 0.05) is 16.3 Å². The van der Waals surface area contributed by atoms with Crippen LogP contribution >= 0.6 is 11.8 Å². The van der Waals surface area contributed by atoms with E-state index in [4.69, 9.17) is 19.9 Å². The Bertz CT molecular complexity index is 1490. The van der Waals surface area contributed by atoms with Gasteiger partial charge in [-0.15, -0.1) is 0 Å². The normalized spacial score (nSPS) is 15.2. The van der Waals surface area contributed by atoms with E-state index in [2.05, 4.69) is 6.07 Å². The van der Waals surface area contributed by atoms with E-state index in [0.29, 0.717) is 22.1 Å². The minimum atomic E-state index is -0.760. The van der Waals surface area contributed by atoms with Gasteiger partial charge in [0.25, 0.3) is 0 Å². The van der Waals surface area contributed by atoms with Crippen LogP contribution in [0.4, 0.5) is 0 Å². The second-order valence-electron chi connectivity index (χ2n) is 7.34. The van der Waals surface area contributed by atoms with Crippen LogP contribution < -0.4 is 16.1 Å². The SMILES string of the molecule is Cc1cc2c(c(=O)o1)C(c1cc3ccccc3nc1Sc1ccccc1)C(C#N)=C(N)O2. The van der Waals surface area contributed by atoms with Crippen LogP contribution in [0.5, 0.6) is 5.75 Å². The van der Waals surface area contributed by atoms with Gasteiger partial charge in [-0.25, -0.2) is 9.78 Å². The van der Waals surface area contributed by atoms with Gasteiger partial charge in [0.05, 0.1) is 17.0 Å². The zero-order valence-corrected chi connectivity index (χ0v) is 17.8. The zero-order chi connectivity index (χ0) is 22.2. The molecule has 0 saturated carbocycles. The van der Waals surface area contributed by atoms with Gasteiger partial charge < -0.3 is 14.9 Å². The van der Waals surface area contributed by atoms with Crippen LogP contribution in [-0.4, -0.2) is 4.98 Å². The second kappa shape index (κ2) is 7.91. The number of fused-ring (bicyclic) bond motifs is 2. The van der Waals surface area contributed by atoms with E-state index in [1.807, 2.05) is 60.7 Å². The van der Waals surface area contributed by atoms with E-state index >= 15 is 0 Å². The molecule has 2 aromatic carbocycles. The summed E-state index contributed by atoms with van der Waals surface area (Å²) in [4.78, 5) is 18.8. The van der Waals surface area contributed by atoms with Crippen molar-refractivity contribution in [3.63, 3.8) is 0 Å². The number of benzene rings is 2. The van der Waals surface area contributed by atoms with Crippen molar-refractivity contribution in [2.24, 2.45) is 5.73 Å². The Morgan fingerprint density at radius 2 is 1.84 bits per heavy atom. The zero-order valence-electron chi connectivity index (χ0n) is 17.0. The van der Waals surface area contributed by atoms with Gasteiger partial charge in [-0.2, -0.15) is 5.26 Å². The number of nitrogens with zero attached hydrogens (tertiary/aromatic N) is 2. The molecule has 7 heteroatoms. The predicted octanol–water partition coefficient (Wildman–Crippen LogP) is 4.87. The third-order valence-corrected chi connectivity index (χ3v) is 6.27. The van der Waals surface area contributed by atoms with E-state index in [0.717, 1.165) is 15.8 Å². The molecule has 1 aliphatic heterocycles. The van der Waals surface area contributed by atoms with Crippen molar-refractivity contribution in [2.75, 3.05) is 0 Å². The summed E-state index contributed by atoms with van der Waals surface area (Å²) in [5.41, 5.74) is 7.46. The van der Waals surface area contributed by atoms with Gasteiger partial charge in [-0.3, -0.25) is 0 Å². The molecular weight excluding hydrogens is 422 g/mol. The van der Waals surface area contributed by atoms with Crippen molar-refractivity contribution >= 4 is 22.7 Å². The number of aryl methyl sites for hydroxylation is 1. The highest BCUT2D eigenvalue weighted by Gasteiger charge is 2.36. The molecule has 0 amide bonds. The van der Waals surface area contributed by atoms with Gasteiger partial charge in [0.2, 0.25) is 5.88 Å². The third kappa shape index (κ3) is 3.41. The van der Waals surface area contributed by atoms with Gasteiger partial charge in [0.1, 0.15) is 28.2 Å². The lowest BCUT2D eigenvalue weighted by atomic mass is 9.84. The second-order valence-corrected chi connectivity index (χ2v) is 8.40. The number of para-hydroxylation sites is 1. The van der Waals surface area contributed by atoms with Crippen molar-refractivity contribution in [3.8, 4) is 11.8 Å². The maximum Gasteiger partial charge on any atom is 0.343 e. The molecule has 2 aromatic heterocycles. The van der Waals surface area contributed by atoms with Gasteiger partial charge in [0.15, 0.2) is 0 Å². The molecule has 1 unspecified atom stereocenters. The average Bonchev–Trinajstić information content (AvgIpc) is 2.78. The van der Waals surface area contributed by atoms with E-state index in [1.54, 1.807) is 13.0 Å². The molecule has 0 bridgehead atoms. The monoisotopic (exact) mass is 439 g/mol. The number of pyridine rings is 1. The maximum atomic E-state index is 12.9. The lowest BCUT2D eigenvalue weighted by Crippen LogP contribution is -2.26. The standard InChI is InChI=1S/C25H17N3O3S/c1-14-11-20-22(25(29)30-14)21(18(13-26)23(27)31-20)17-12-15-7-5-6-10-19(15)28-24(17)32-16-8-3-2-4-9-16/h2-12,21H,27H2,1H3. The Kier molecular flexibility index (Phi) is 4.92. The number of rotatable bonds is 3. The Balaban J connectivity index is 1.81. The van der Waals surface area contributed by atoms with Crippen LogP contribution in [-0.2, 0) is 0 Å². The Hall–Kier alpha value is -4.02. The molecule has 2 N–H and O–H groups in total. The average molecular weight is 439 g/mol. The first kappa shape index (κ1) is 19.9. The van der Waals surface area contributed by atoms with Crippen LogP contribution in [0, 0.1) is 18.3 Å². The van der Waals surface area contributed by atoms with Crippen LogP contribution in [0.25, 0.3) is 10.9 Å². The summed E-state index contributed by atoms with van der Waals surface area (Å²) >= 11 is 1.46. The summed E-state index contributed by atoms with van der Waals surface area (Å²) in [6.07, 6.45) is 0. The van der Waals surface area contributed by atoms with E-state index < -0.39 is 11.5 Å². The smallest absolute Gasteiger partial charge is 0.343 e. The lowest BCUT2D eigenvalue weighted by Gasteiger charge is -2.26. The van der Waals surface area contributed by atoms with Crippen LogP contribution in [0.3, 0.4) is 0 Å². The summed E-state index contributed by atoms with van der Waals surface area (Å²) in [7, 11) is 0. The molecule has 0 saturated heterocycles. The van der Waals surface area contributed by atoms with Gasteiger partial charge in [-0.1, -0.05) is 48.2 Å². The number of hydrogen-bond acceptors (Lipinski definition) is 7. The quantitative estimate of drug-likeness (QED) is 0.486. The lowest BCUT2D eigenvalue weighted by molar-refractivity contribution is 0.371. The first-order valence-corrected chi connectivity index (χ1v) is 10.7. The fraction of sp³-hybridized carbons (Fsp3) is 0.0800. The number of hydrogen-bond donors (Lipinski definition) is 1. The molecule has 1 atom stereocenters. The van der Waals surface area contributed by atoms with Crippen molar-refractivity contribution in [1.29, 1.82) is 5.26 Å². The summed E-state index contributed by atoms with van der Waals surface area (Å²) in [6.45, 7) is 1.66. The summed E-state index contributed by atoms with van der Waals surface area (Å²) < 4.78 is 11.0. The Morgan fingerprint density at radius 1 is 1.09 bits per heavy atom. The fourth-order valence-electron chi connectivity index (χ4n) is 3.83. The summed E-state index contributed by atoms with van der Waals surface area (Å²) in [5, 5.41) is 11.5. The highest BCUT2D eigenvalue weighted by atomic mass is 32.2. The van der Waals surface area contributed by atoms with E-state index in [1.165, 1.54) is 11.8 Å². The summed E-state index contributed by atoms with van der Waals surface area (Å²) in [6, 6.07) is 23.2. The molecule has 156 valence electrons. The van der Waals surface area contributed by atoms with Crippen LogP contribution in [0.2, 0.25) is 0 Å². The largest absolute Gasteiger partial charge is 0.440 e. The van der Waals surface area contributed by atoms with Crippen molar-refractivity contribution < 1.29 is 9.15 Å². The fourth-order valence-corrected chi connectivity index (χ4v) is 4.79. The minimum Gasteiger partial charge on any atom is -0.440 e. The molecule has 4 aromatic rings. The third-order valence-electron chi connectivity index (χ3n) is 5.24. The maximum absolute atomic E-state index is 12.9. The van der Waals surface area contributed by atoms with Crippen LogP contribution in [0.1, 0.15) is 22.8 Å². The first-order valence-electron chi connectivity index (χ1n) is 9.90. The number of allylic oxidation sites excluding steroid dienone is 1. The van der Waals surface area contributed by atoms with Crippen LogP contribution in [0.15, 0.2) is 97.3 Å². The Labute approximate surface area is 188 Å². The molecule has 0 aliphatic carbocycles. The molecule has 0 radical (unpaired) electrons. The number of ether oxygens (including phenoxy) is 1. The minimum absolute atomic E-state index is 0.0289. The van der Waals surface area contributed by atoms with E-state index in [9.17, 15) is 10.1 Å². The highest BCUT2D eigenvalue weighted by molar-refractivity contribution is 7.99. The van der Waals surface area contributed by atoms with E-state index in [-0.39, 0.29) is 17.0 Å². The molecule has 0 spiro atoms. The van der Waals surface area contributed by atoms with Crippen molar-refractivity contribution in [1.82, 2.24) is 4.98 Å². The van der Waals surface area contributed by atoms with Gasteiger partial charge >= 0.3 is 5.63 Å². The molecule has 0 fully saturated rings. The highest BCUT2D eigenvalue weighted by Crippen LogP contribution is 2.45. The molecule has 6 nitrogen and oxygen atoms in total. The van der Waals surface area contributed by atoms with Gasteiger partial charge in [-0.05, 0) is 36.8 Å². The number of nitriles is 1. The first-order chi connectivity index (χ1) is 15.5. The predicted molar refractivity (Wildman–Crippen MR) is 121 cm³/mol. The Morgan fingerprint density at radius 3 is 2.62 bits per heavy atom. The number of nitrogens with two attached hydrogens (primary N) is 1. The summed E-state index contributed by atoms with van der Waals surface area (Å²) in [5.74, 6) is -0.0944. The van der Waals surface area contributed by atoms with Crippen molar-refractivity contribution in [2.45, 2.75) is 22.8 Å². The number of aromatic nitrogens is 1. The topological polar surface area (TPSA) is 102 Å².